The maximum Gasteiger partial charge on any atom is 0.227 e. The first-order valence-electron chi connectivity index (χ1n) is 5.60. The van der Waals surface area contributed by atoms with E-state index < -0.39 is 0 Å². The largest absolute Gasteiger partial charge is 0.436 e. The van der Waals surface area contributed by atoms with E-state index in [1.54, 1.807) is 6.07 Å². The molecular weight excluding hydrogens is 231 g/mol. The first-order chi connectivity index (χ1) is 8.76. The molecule has 0 atom stereocenters. The highest BCUT2D eigenvalue weighted by molar-refractivity contribution is 5.76. The average molecular weight is 242 g/mol. The van der Waals surface area contributed by atoms with Gasteiger partial charge in [0.2, 0.25) is 5.89 Å². The standard InChI is InChI=1S/C14H11FN2O/c1-16-11-5-2-9(3-6-11)14-17-12-7-4-10(15)8-13(12)18-14/h2-8,16H,1H3. The first kappa shape index (κ1) is 10.8. The maximum atomic E-state index is 13.1. The SMILES string of the molecule is CNc1ccc(-c2nc3ccc(F)cc3o2)cc1. The second-order valence-electron chi connectivity index (χ2n) is 3.96. The van der Waals surface area contributed by atoms with Gasteiger partial charge in [-0.15, -0.1) is 0 Å². The van der Waals surface area contributed by atoms with Crippen LogP contribution in [0.25, 0.3) is 22.6 Å². The normalized spacial score (nSPS) is 10.8. The minimum absolute atomic E-state index is 0.323. The van der Waals surface area contributed by atoms with Crippen LogP contribution in [0.3, 0.4) is 0 Å². The van der Waals surface area contributed by atoms with Gasteiger partial charge in [-0.25, -0.2) is 9.37 Å². The van der Waals surface area contributed by atoms with Crippen molar-refractivity contribution in [1.29, 1.82) is 0 Å². The Morgan fingerprint density at radius 1 is 1.11 bits per heavy atom. The van der Waals surface area contributed by atoms with Crippen LogP contribution in [0, 0.1) is 5.82 Å². The van der Waals surface area contributed by atoms with E-state index >= 15 is 0 Å². The molecule has 0 spiro atoms. The molecule has 1 aromatic heterocycles. The zero-order chi connectivity index (χ0) is 12.5. The summed E-state index contributed by atoms with van der Waals surface area (Å²) in [7, 11) is 1.86. The van der Waals surface area contributed by atoms with Gasteiger partial charge < -0.3 is 9.73 Å². The number of fused-ring (bicyclic) bond motifs is 1. The molecule has 0 amide bonds. The summed E-state index contributed by atoms with van der Waals surface area (Å²) >= 11 is 0. The summed E-state index contributed by atoms with van der Waals surface area (Å²) in [5.41, 5.74) is 3.00. The molecule has 0 unspecified atom stereocenters. The van der Waals surface area contributed by atoms with Crippen LogP contribution in [0.4, 0.5) is 10.1 Å². The molecule has 0 bridgehead atoms. The number of nitrogens with one attached hydrogen (secondary N) is 1. The van der Waals surface area contributed by atoms with E-state index in [4.69, 9.17) is 4.42 Å². The van der Waals surface area contributed by atoms with Crippen molar-refractivity contribution < 1.29 is 8.81 Å². The first-order valence-corrected chi connectivity index (χ1v) is 5.60. The maximum absolute atomic E-state index is 13.1. The van der Waals surface area contributed by atoms with Gasteiger partial charge >= 0.3 is 0 Å². The molecule has 0 aliphatic rings. The fourth-order valence-electron chi connectivity index (χ4n) is 1.80. The van der Waals surface area contributed by atoms with E-state index in [1.165, 1.54) is 12.1 Å². The van der Waals surface area contributed by atoms with E-state index in [1.807, 2.05) is 31.3 Å². The molecule has 3 nitrogen and oxygen atoms in total. The Hall–Kier alpha value is -2.36. The summed E-state index contributed by atoms with van der Waals surface area (Å²) in [5.74, 6) is 0.175. The fourth-order valence-corrected chi connectivity index (χ4v) is 1.80. The summed E-state index contributed by atoms with van der Waals surface area (Å²) in [5, 5.41) is 3.04. The third-order valence-electron chi connectivity index (χ3n) is 2.77. The molecule has 18 heavy (non-hydrogen) atoms. The topological polar surface area (TPSA) is 38.1 Å². The molecular formula is C14H11FN2O. The Bertz CT molecular complexity index is 689. The Labute approximate surface area is 103 Å². The number of benzene rings is 2. The van der Waals surface area contributed by atoms with Crippen LogP contribution in [0.2, 0.25) is 0 Å². The molecule has 0 aliphatic carbocycles. The molecule has 1 heterocycles. The van der Waals surface area contributed by atoms with Crippen LogP contribution >= 0.6 is 0 Å². The molecule has 3 rings (SSSR count). The monoisotopic (exact) mass is 242 g/mol. The minimum Gasteiger partial charge on any atom is -0.436 e. The second kappa shape index (κ2) is 4.14. The molecule has 3 aromatic rings. The third kappa shape index (κ3) is 1.82. The molecule has 1 N–H and O–H groups in total. The minimum atomic E-state index is -0.323. The number of rotatable bonds is 2. The van der Waals surface area contributed by atoms with E-state index in [9.17, 15) is 4.39 Å². The molecule has 0 radical (unpaired) electrons. The number of anilines is 1. The van der Waals surface area contributed by atoms with Gasteiger partial charge in [-0.1, -0.05) is 0 Å². The Morgan fingerprint density at radius 2 is 1.89 bits per heavy atom. The summed E-state index contributed by atoms with van der Waals surface area (Å²) in [6, 6.07) is 12.0. The van der Waals surface area contributed by atoms with Crippen molar-refractivity contribution in [3.8, 4) is 11.5 Å². The Balaban J connectivity index is 2.07. The smallest absolute Gasteiger partial charge is 0.227 e. The van der Waals surface area contributed by atoms with Gasteiger partial charge in [-0.05, 0) is 36.4 Å². The van der Waals surface area contributed by atoms with Gasteiger partial charge in [0.15, 0.2) is 5.58 Å². The van der Waals surface area contributed by atoms with Crippen molar-refractivity contribution in [2.45, 2.75) is 0 Å². The number of hydrogen-bond donors (Lipinski definition) is 1. The van der Waals surface area contributed by atoms with Crippen LogP contribution in [0.15, 0.2) is 46.9 Å². The zero-order valence-corrected chi connectivity index (χ0v) is 9.77. The lowest BCUT2D eigenvalue weighted by Crippen LogP contribution is -1.86. The fraction of sp³-hybridized carbons (Fsp3) is 0.0714. The lowest BCUT2D eigenvalue weighted by molar-refractivity contribution is 0.602. The number of halogens is 1. The van der Waals surface area contributed by atoms with Crippen LogP contribution in [-0.4, -0.2) is 12.0 Å². The molecule has 0 fully saturated rings. The molecule has 0 saturated heterocycles. The third-order valence-corrected chi connectivity index (χ3v) is 2.77. The van der Waals surface area contributed by atoms with E-state index in [-0.39, 0.29) is 5.82 Å². The molecule has 90 valence electrons. The van der Waals surface area contributed by atoms with Crippen LogP contribution in [0.5, 0.6) is 0 Å². The Kier molecular flexibility index (Phi) is 2.48. The van der Waals surface area contributed by atoms with Crippen LogP contribution < -0.4 is 5.32 Å². The van der Waals surface area contributed by atoms with Gasteiger partial charge in [0.05, 0.1) is 0 Å². The van der Waals surface area contributed by atoms with Gasteiger partial charge in [-0.2, -0.15) is 0 Å². The van der Waals surface area contributed by atoms with Crippen molar-refractivity contribution in [2.24, 2.45) is 0 Å². The average Bonchev–Trinajstić information content (AvgIpc) is 2.81. The van der Waals surface area contributed by atoms with Crippen molar-refractivity contribution in [2.75, 3.05) is 12.4 Å². The number of aromatic nitrogens is 1. The summed E-state index contributed by atoms with van der Waals surface area (Å²) in [4.78, 5) is 4.33. The number of hydrogen-bond acceptors (Lipinski definition) is 3. The van der Waals surface area contributed by atoms with E-state index in [0.717, 1.165) is 11.3 Å². The van der Waals surface area contributed by atoms with Crippen LogP contribution in [0.1, 0.15) is 0 Å². The summed E-state index contributed by atoms with van der Waals surface area (Å²) < 4.78 is 18.6. The van der Waals surface area contributed by atoms with Crippen molar-refractivity contribution >= 4 is 16.8 Å². The lowest BCUT2D eigenvalue weighted by atomic mass is 10.2. The molecule has 0 aliphatic heterocycles. The van der Waals surface area contributed by atoms with Gasteiger partial charge in [0.1, 0.15) is 11.3 Å². The number of oxazole rings is 1. The Morgan fingerprint density at radius 3 is 2.61 bits per heavy atom. The van der Waals surface area contributed by atoms with Crippen molar-refractivity contribution in [1.82, 2.24) is 4.98 Å². The molecule has 0 saturated carbocycles. The van der Waals surface area contributed by atoms with E-state index in [0.29, 0.717) is 17.0 Å². The zero-order valence-electron chi connectivity index (χ0n) is 9.77. The van der Waals surface area contributed by atoms with E-state index in [2.05, 4.69) is 10.3 Å². The molecule has 4 heteroatoms. The highest BCUT2D eigenvalue weighted by Crippen LogP contribution is 2.25. The quantitative estimate of drug-likeness (QED) is 0.745. The van der Waals surface area contributed by atoms with Gasteiger partial charge in [0, 0.05) is 24.4 Å². The van der Waals surface area contributed by atoms with Gasteiger partial charge in [0.25, 0.3) is 0 Å². The van der Waals surface area contributed by atoms with Gasteiger partial charge in [-0.3, -0.25) is 0 Å². The predicted molar refractivity (Wildman–Crippen MR) is 68.9 cm³/mol. The van der Waals surface area contributed by atoms with Crippen LogP contribution in [-0.2, 0) is 0 Å². The lowest BCUT2D eigenvalue weighted by Gasteiger charge is -1.99. The highest BCUT2D eigenvalue weighted by atomic mass is 19.1. The van der Waals surface area contributed by atoms with Crippen molar-refractivity contribution in [3.63, 3.8) is 0 Å². The second-order valence-corrected chi connectivity index (χ2v) is 3.96. The van der Waals surface area contributed by atoms with Crippen molar-refractivity contribution in [3.05, 3.63) is 48.3 Å². The predicted octanol–water partition coefficient (Wildman–Crippen LogP) is 3.68. The number of nitrogens with zero attached hydrogens (tertiary/aromatic N) is 1. The summed E-state index contributed by atoms with van der Waals surface area (Å²) in [6.07, 6.45) is 0. The highest BCUT2D eigenvalue weighted by Gasteiger charge is 2.08. The summed E-state index contributed by atoms with van der Waals surface area (Å²) in [6.45, 7) is 0. The molecule has 2 aromatic carbocycles.